The number of aliphatic carboxylic acids is 1. The summed E-state index contributed by atoms with van der Waals surface area (Å²) in [5.41, 5.74) is 4.89. The lowest BCUT2D eigenvalue weighted by Gasteiger charge is -2.13. The summed E-state index contributed by atoms with van der Waals surface area (Å²) in [7, 11) is 0. The Kier molecular flexibility index (Phi) is 5.12. The van der Waals surface area contributed by atoms with Crippen molar-refractivity contribution in [1.29, 1.82) is 0 Å². The van der Waals surface area contributed by atoms with Crippen LogP contribution in [0.1, 0.15) is 11.3 Å². The molecular weight excluding hydrogens is 258 g/mol. The Balaban J connectivity index is 2.41. The van der Waals surface area contributed by atoms with Gasteiger partial charge < -0.3 is 21.5 Å². The number of thiophene rings is 1. The SMILES string of the molecule is NC(=O)C[C@@H](NC(=O)NCc1cccs1)C(=O)O. The van der Waals surface area contributed by atoms with Crippen molar-refractivity contribution < 1.29 is 19.5 Å². The van der Waals surface area contributed by atoms with E-state index in [4.69, 9.17) is 10.8 Å². The smallest absolute Gasteiger partial charge is 0.326 e. The minimum absolute atomic E-state index is 0.298. The number of hydrogen-bond donors (Lipinski definition) is 4. The van der Waals surface area contributed by atoms with Crippen LogP contribution in [-0.2, 0) is 16.1 Å². The summed E-state index contributed by atoms with van der Waals surface area (Å²) in [5.74, 6) is -2.10. The number of carbonyl (C=O) groups excluding carboxylic acids is 2. The summed E-state index contributed by atoms with van der Waals surface area (Å²) in [5, 5.41) is 15.3. The van der Waals surface area contributed by atoms with Crippen molar-refractivity contribution >= 4 is 29.2 Å². The summed E-state index contributed by atoms with van der Waals surface area (Å²) in [6.45, 7) is 0.298. The Morgan fingerprint density at radius 1 is 1.44 bits per heavy atom. The number of carboxylic acid groups (broad SMARTS) is 1. The van der Waals surface area contributed by atoms with E-state index < -0.39 is 30.4 Å². The Hall–Kier alpha value is -2.09. The number of rotatable bonds is 6. The quantitative estimate of drug-likeness (QED) is 0.576. The van der Waals surface area contributed by atoms with Crippen LogP contribution in [0.15, 0.2) is 17.5 Å². The molecule has 1 rings (SSSR count). The zero-order chi connectivity index (χ0) is 13.5. The topological polar surface area (TPSA) is 122 Å². The monoisotopic (exact) mass is 271 g/mol. The summed E-state index contributed by atoms with van der Waals surface area (Å²) in [4.78, 5) is 33.7. The van der Waals surface area contributed by atoms with Crippen molar-refractivity contribution in [2.45, 2.75) is 19.0 Å². The zero-order valence-electron chi connectivity index (χ0n) is 9.38. The van der Waals surface area contributed by atoms with Gasteiger partial charge in [0.1, 0.15) is 6.04 Å². The first-order chi connectivity index (χ1) is 8.49. The van der Waals surface area contributed by atoms with Gasteiger partial charge in [-0.1, -0.05) is 6.07 Å². The van der Waals surface area contributed by atoms with Crippen LogP contribution in [0, 0.1) is 0 Å². The van der Waals surface area contributed by atoms with Gasteiger partial charge in [0, 0.05) is 4.88 Å². The number of carboxylic acids is 1. The van der Waals surface area contributed by atoms with Gasteiger partial charge in [-0.3, -0.25) is 4.79 Å². The highest BCUT2D eigenvalue weighted by atomic mass is 32.1. The number of amides is 3. The number of nitrogens with one attached hydrogen (secondary N) is 2. The second kappa shape index (κ2) is 6.60. The fourth-order valence-electron chi connectivity index (χ4n) is 1.19. The molecule has 0 aromatic carbocycles. The molecule has 98 valence electrons. The van der Waals surface area contributed by atoms with Crippen LogP contribution in [0.3, 0.4) is 0 Å². The summed E-state index contributed by atoms with van der Waals surface area (Å²) in [6.07, 6.45) is -0.443. The van der Waals surface area contributed by atoms with Crippen molar-refractivity contribution in [3.8, 4) is 0 Å². The standard InChI is InChI=1S/C10H13N3O4S/c11-8(14)4-7(9(15)16)13-10(17)12-5-6-2-1-3-18-6/h1-3,7H,4-5H2,(H2,11,14)(H,15,16)(H2,12,13,17)/t7-/m1/s1. The largest absolute Gasteiger partial charge is 0.480 e. The maximum absolute atomic E-state index is 11.4. The third-order valence-electron chi connectivity index (χ3n) is 2.01. The van der Waals surface area contributed by atoms with Gasteiger partial charge in [-0.05, 0) is 11.4 Å². The molecule has 0 aliphatic heterocycles. The molecule has 1 heterocycles. The van der Waals surface area contributed by atoms with Crippen molar-refractivity contribution in [3.63, 3.8) is 0 Å². The first-order valence-electron chi connectivity index (χ1n) is 5.07. The predicted molar refractivity (Wildman–Crippen MR) is 64.9 cm³/mol. The van der Waals surface area contributed by atoms with Crippen LogP contribution in [0.5, 0.6) is 0 Å². The molecule has 18 heavy (non-hydrogen) atoms. The molecule has 1 aromatic heterocycles. The minimum atomic E-state index is -1.31. The first kappa shape index (κ1) is 14.0. The molecule has 0 bridgehead atoms. The van der Waals surface area contributed by atoms with Gasteiger partial charge in [0.15, 0.2) is 0 Å². The van der Waals surface area contributed by atoms with Crippen LogP contribution >= 0.6 is 11.3 Å². The van der Waals surface area contributed by atoms with Gasteiger partial charge in [-0.2, -0.15) is 0 Å². The van der Waals surface area contributed by atoms with Gasteiger partial charge in [-0.15, -0.1) is 11.3 Å². The maximum atomic E-state index is 11.4. The van der Waals surface area contributed by atoms with Crippen LogP contribution in [0.4, 0.5) is 4.79 Å². The van der Waals surface area contributed by atoms with Gasteiger partial charge in [-0.25, -0.2) is 9.59 Å². The molecule has 0 unspecified atom stereocenters. The van der Waals surface area contributed by atoms with E-state index in [1.54, 1.807) is 0 Å². The molecule has 1 aromatic rings. The first-order valence-corrected chi connectivity index (χ1v) is 5.95. The highest BCUT2D eigenvalue weighted by Crippen LogP contribution is 2.07. The average molecular weight is 271 g/mol. The second-order valence-electron chi connectivity index (χ2n) is 3.47. The van der Waals surface area contributed by atoms with Gasteiger partial charge in [0.25, 0.3) is 0 Å². The van der Waals surface area contributed by atoms with E-state index in [0.717, 1.165) is 4.88 Å². The summed E-state index contributed by atoms with van der Waals surface area (Å²) < 4.78 is 0. The molecule has 0 aliphatic carbocycles. The molecule has 0 saturated carbocycles. The van der Waals surface area contributed by atoms with Crippen molar-refractivity contribution in [3.05, 3.63) is 22.4 Å². The maximum Gasteiger partial charge on any atom is 0.326 e. The third-order valence-corrected chi connectivity index (χ3v) is 2.89. The lowest BCUT2D eigenvalue weighted by molar-refractivity contribution is -0.140. The Morgan fingerprint density at radius 2 is 2.17 bits per heavy atom. The molecule has 5 N–H and O–H groups in total. The molecular formula is C10H13N3O4S. The molecule has 0 spiro atoms. The molecule has 0 aliphatic rings. The molecule has 3 amide bonds. The molecule has 0 fully saturated rings. The summed E-state index contributed by atoms with van der Waals surface area (Å²) in [6, 6.07) is 1.71. The fourth-order valence-corrected chi connectivity index (χ4v) is 1.84. The van der Waals surface area contributed by atoms with E-state index in [9.17, 15) is 14.4 Å². The van der Waals surface area contributed by atoms with Crippen LogP contribution in [-0.4, -0.2) is 29.1 Å². The number of primary amides is 1. The van der Waals surface area contributed by atoms with Crippen molar-refractivity contribution in [1.82, 2.24) is 10.6 Å². The van der Waals surface area contributed by atoms with E-state index in [1.807, 2.05) is 17.5 Å². The second-order valence-corrected chi connectivity index (χ2v) is 4.50. The van der Waals surface area contributed by atoms with Gasteiger partial charge in [0.05, 0.1) is 13.0 Å². The lowest BCUT2D eigenvalue weighted by atomic mass is 10.2. The zero-order valence-corrected chi connectivity index (χ0v) is 10.2. The summed E-state index contributed by atoms with van der Waals surface area (Å²) >= 11 is 1.47. The molecule has 8 heteroatoms. The van der Waals surface area contributed by atoms with E-state index in [0.29, 0.717) is 6.54 Å². The highest BCUT2D eigenvalue weighted by molar-refractivity contribution is 7.09. The van der Waals surface area contributed by atoms with Gasteiger partial charge in [0.2, 0.25) is 5.91 Å². The minimum Gasteiger partial charge on any atom is -0.480 e. The van der Waals surface area contributed by atoms with E-state index in [-0.39, 0.29) is 0 Å². The highest BCUT2D eigenvalue weighted by Gasteiger charge is 2.21. The molecule has 0 radical (unpaired) electrons. The van der Waals surface area contributed by atoms with Gasteiger partial charge >= 0.3 is 12.0 Å². The van der Waals surface area contributed by atoms with Crippen LogP contribution in [0.2, 0.25) is 0 Å². The Morgan fingerprint density at radius 3 is 2.67 bits per heavy atom. The van der Waals surface area contributed by atoms with E-state index in [2.05, 4.69) is 10.6 Å². The van der Waals surface area contributed by atoms with Crippen molar-refractivity contribution in [2.24, 2.45) is 5.73 Å². The predicted octanol–water partition coefficient (Wildman–Crippen LogP) is -0.124. The molecule has 7 nitrogen and oxygen atoms in total. The molecule has 0 saturated heterocycles. The number of hydrogen-bond acceptors (Lipinski definition) is 4. The third kappa shape index (κ3) is 4.83. The number of carbonyl (C=O) groups is 3. The fraction of sp³-hybridized carbons (Fsp3) is 0.300. The van der Waals surface area contributed by atoms with Crippen LogP contribution < -0.4 is 16.4 Å². The van der Waals surface area contributed by atoms with Crippen LogP contribution in [0.25, 0.3) is 0 Å². The van der Waals surface area contributed by atoms with E-state index >= 15 is 0 Å². The molecule has 1 atom stereocenters. The lowest BCUT2D eigenvalue weighted by Crippen LogP contribution is -2.47. The van der Waals surface area contributed by atoms with E-state index in [1.165, 1.54) is 11.3 Å². The Bertz CT molecular complexity index is 432. The number of urea groups is 1. The normalized spacial score (nSPS) is 11.6. The average Bonchev–Trinajstić information content (AvgIpc) is 2.77. The Labute approximate surface area is 107 Å². The number of nitrogens with two attached hydrogens (primary N) is 1. The van der Waals surface area contributed by atoms with Crippen molar-refractivity contribution in [2.75, 3.05) is 0 Å².